The van der Waals surface area contributed by atoms with Crippen LogP contribution in [0.4, 0.5) is 0 Å². The second-order valence-corrected chi connectivity index (χ2v) is 10.7. The molecule has 0 saturated carbocycles. The van der Waals surface area contributed by atoms with Gasteiger partial charge >= 0.3 is 0 Å². The van der Waals surface area contributed by atoms with E-state index in [-0.39, 0.29) is 0 Å². The number of benzene rings is 1. The molecule has 0 aliphatic heterocycles. The summed E-state index contributed by atoms with van der Waals surface area (Å²) in [5, 5.41) is 0.842. The molecule has 10 heteroatoms. The molecule has 0 atom stereocenters. The van der Waals surface area contributed by atoms with Crippen LogP contribution in [0, 0.1) is 0 Å². The van der Waals surface area contributed by atoms with E-state index in [2.05, 4.69) is 47.1 Å². The van der Waals surface area contributed by atoms with E-state index in [0.29, 0.717) is 112 Å². The highest BCUT2D eigenvalue weighted by atomic mass is 79.9. The van der Waals surface area contributed by atoms with E-state index < -0.39 is 0 Å². The topological polar surface area (TPSA) is 83.1 Å². The van der Waals surface area contributed by atoms with Gasteiger partial charge in [-0.25, -0.2) is 0 Å². The van der Waals surface area contributed by atoms with Gasteiger partial charge in [0, 0.05) is 5.33 Å². The van der Waals surface area contributed by atoms with Crippen molar-refractivity contribution in [1.29, 1.82) is 0 Å². The van der Waals surface area contributed by atoms with E-state index in [0.717, 1.165) is 17.5 Å². The first-order valence-corrected chi connectivity index (χ1v) is 17.4. The van der Waals surface area contributed by atoms with Gasteiger partial charge in [-0.1, -0.05) is 73.5 Å². The molecule has 0 aromatic heterocycles. The van der Waals surface area contributed by atoms with Crippen molar-refractivity contribution in [3.63, 3.8) is 0 Å². The van der Waals surface area contributed by atoms with E-state index in [1.165, 1.54) is 50.5 Å². The maximum absolute atomic E-state index is 5.77. The van der Waals surface area contributed by atoms with E-state index in [1.807, 2.05) is 0 Å². The third kappa shape index (κ3) is 29.6. The van der Waals surface area contributed by atoms with Crippen molar-refractivity contribution < 1.29 is 42.6 Å². The molecule has 0 saturated heterocycles. The fourth-order valence-electron chi connectivity index (χ4n) is 3.95. The van der Waals surface area contributed by atoms with Crippen molar-refractivity contribution >= 4 is 15.9 Å². The van der Waals surface area contributed by atoms with Crippen LogP contribution in [0.5, 0.6) is 5.75 Å². The fraction of sp³-hybridized carbons (Fsp3) is 0.818. The van der Waals surface area contributed by atoms with Crippen molar-refractivity contribution in [2.24, 2.45) is 0 Å². The summed E-state index contributed by atoms with van der Waals surface area (Å²) in [6.07, 6.45) is 10.5. The van der Waals surface area contributed by atoms with E-state index >= 15 is 0 Å². The van der Waals surface area contributed by atoms with Crippen molar-refractivity contribution in [1.82, 2.24) is 0 Å². The lowest BCUT2D eigenvalue weighted by atomic mass is 10.0. The predicted molar refractivity (Wildman–Crippen MR) is 174 cm³/mol. The minimum atomic E-state index is 0.529. The van der Waals surface area contributed by atoms with Crippen molar-refractivity contribution in [2.45, 2.75) is 58.3 Å². The van der Waals surface area contributed by atoms with Crippen LogP contribution in [-0.4, -0.2) is 118 Å². The number of halogens is 1. The van der Waals surface area contributed by atoms with Crippen LogP contribution < -0.4 is 4.74 Å². The third-order valence-corrected chi connectivity index (χ3v) is 6.64. The lowest BCUT2D eigenvalue weighted by Gasteiger charge is -2.09. The van der Waals surface area contributed by atoms with Gasteiger partial charge in [-0.3, -0.25) is 0 Å². The largest absolute Gasteiger partial charge is 0.491 e. The Bertz CT molecular complexity index is 666. The third-order valence-electron chi connectivity index (χ3n) is 6.31. The predicted octanol–water partition coefficient (Wildman–Crippen LogP) is 5.89. The van der Waals surface area contributed by atoms with Gasteiger partial charge in [-0.2, -0.15) is 0 Å². The van der Waals surface area contributed by atoms with Gasteiger partial charge in [-0.05, 0) is 30.5 Å². The van der Waals surface area contributed by atoms with Gasteiger partial charge in [0.05, 0.1) is 106 Å². The van der Waals surface area contributed by atoms with Gasteiger partial charge in [-0.15, -0.1) is 0 Å². The van der Waals surface area contributed by atoms with Crippen LogP contribution in [-0.2, 0) is 44.3 Å². The smallest absolute Gasteiger partial charge is 0.119 e. The Hall–Kier alpha value is -0.820. The Morgan fingerprint density at radius 2 is 0.767 bits per heavy atom. The van der Waals surface area contributed by atoms with E-state index in [4.69, 9.17) is 42.6 Å². The fourth-order valence-corrected chi connectivity index (χ4v) is 4.18. The highest BCUT2D eigenvalue weighted by Crippen LogP contribution is 2.15. The molecule has 1 rings (SSSR count). The second kappa shape index (κ2) is 34.1. The minimum Gasteiger partial charge on any atom is -0.491 e. The Morgan fingerprint density at radius 3 is 1.16 bits per heavy atom. The van der Waals surface area contributed by atoms with Crippen molar-refractivity contribution in [3.05, 3.63) is 29.8 Å². The molecule has 0 aliphatic rings. The number of hydrogen-bond acceptors (Lipinski definition) is 9. The molecular formula is C33H59BrO9. The van der Waals surface area contributed by atoms with Gasteiger partial charge in [0.15, 0.2) is 0 Å². The van der Waals surface area contributed by atoms with Gasteiger partial charge in [0.2, 0.25) is 0 Å². The lowest BCUT2D eigenvalue weighted by Crippen LogP contribution is -2.15. The summed E-state index contributed by atoms with van der Waals surface area (Å²) in [4.78, 5) is 0. The molecule has 9 nitrogen and oxygen atoms in total. The van der Waals surface area contributed by atoms with Crippen LogP contribution in [0.15, 0.2) is 24.3 Å². The number of hydrogen-bond donors (Lipinski definition) is 0. The highest BCUT2D eigenvalue weighted by Gasteiger charge is 1.99. The quantitative estimate of drug-likeness (QED) is 0.0645. The van der Waals surface area contributed by atoms with Gasteiger partial charge in [0.25, 0.3) is 0 Å². The monoisotopic (exact) mass is 678 g/mol. The second-order valence-electron chi connectivity index (χ2n) is 9.95. The van der Waals surface area contributed by atoms with Crippen molar-refractivity contribution in [2.75, 3.05) is 118 Å². The number of alkyl halides is 1. The number of rotatable bonds is 35. The molecular weight excluding hydrogens is 620 g/mol. The van der Waals surface area contributed by atoms with Crippen LogP contribution in [0.25, 0.3) is 0 Å². The summed E-state index contributed by atoms with van der Waals surface area (Å²) in [5.41, 5.74) is 1.38. The highest BCUT2D eigenvalue weighted by molar-refractivity contribution is 9.09. The normalized spacial score (nSPS) is 11.4. The standard InChI is InChI=1S/C33H59BrO9/c1-2-3-4-5-6-7-8-9-32-10-12-33(13-11-32)43-31-30-42-29-28-41-27-26-40-25-24-39-23-22-38-21-20-37-19-18-36-17-16-35-15-14-34/h10-13H,2-9,14-31H2,1H3. The molecule has 0 unspecified atom stereocenters. The van der Waals surface area contributed by atoms with Crippen molar-refractivity contribution in [3.8, 4) is 5.75 Å². The zero-order chi connectivity index (χ0) is 30.7. The maximum atomic E-state index is 5.77. The Kier molecular flexibility index (Phi) is 31.8. The zero-order valence-corrected chi connectivity index (χ0v) is 28.3. The zero-order valence-electron chi connectivity index (χ0n) is 26.7. The molecule has 0 N–H and O–H groups in total. The first kappa shape index (κ1) is 40.2. The van der Waals surface area contributed by atoms with Crippen LogP contribution >= 0.6 is 15.9 Å². The average Bonchev–Trinajstić information content (AvgIpc) is 3.03. The molecule has 252 valence electrons. The average molecular weight is 680 g/mol. The summed E-state index contributed by atoms with van der Waals surface area (Å²) < 4.78 is 49.5. The summed E-state index contributed by atoms with van der Waals surface area (Å²) in [5.74, 6) is 0.891. The first-order chi connectivity index (χ1) is 21.4. The molecule has 1 aromatic carbocycles. The summed E-state index contributed by atoms with van der Waals surface area (Å²) in [6, 6.07) is 8.46. The Balaban J connectivity index is 1.73. The molecule has 0 radical (unpaired) electrons. The minimum absolute atomic E-state index is 0.529. The number of unbranched alkanes of at least 4 members (excludes halogenated alkanes) is 6. The first-order valence-electron chi connectivity index (χ1n) is 16.3. The molecule has 0 heterocycles. The number of ether oxygens (including phenoxy) is 9. The number of aryl methyl sites for hydroxylation is 1. The molecule has 43 heavy (non-hydrogen) atoms. The van der Waals surface area contributed by atoms with E-state index in [9.17, 15) is 0 Å². The molecule has 1 aromatic rings. The summed E-state index contributed by atoms with van der Waals surface area (Å²) in [6.45, 7) is 11.7. The molecule has 0 aliphatic carbocycles. The Labute approximate surface area is 269 Å². The van der Waals surface area contributed by atoms with Gasteiger partial charge < -0.3 is 42.6 Å². The SMILES string of the molecule is CCCCCCCCCc1ccc(OCCOCCOCCOCCOCCOCCOCCOCCOCCBr)cc1. The summed E-state index contributed by atoms with van der Waals surface area (Å²) in [7, 11) is 0. The van der Waals surface area contributed by atoms with Gasteiger partial charge in [0.1, 0.15) is 12.4 Å². The molecule has 0 fully saturated rings. The Morgan fingerprint density at radius 1 is 0.419 bits per heavy atom. The van der Waals surface area contributed by atoms with Crippen LogP contribution in [0.1, 0.15) is 57.4 Å². The molecule has 0 spiro atoms. The van der Waals surface area contributed by atoms with Crippen LogP contribution in [0.3, 0.4) is 0 Å². The van der Waals surface area contributed by atoms with E-state index in [1.54, 1.807) is 0 Å². The summed E-state index contributed by atoms with van der Waals surface area (Å²) >= 11 is 3.31. The molecule has 0 bridgehead atoms. The van der Waals surface area contributed by atoms with Crippen LogP contribution in [0.2, 0.25) is 0 Å². The molecule has 0 amide bonds. The maximum Gasteiger partial charge on any atom is 0.119 e. The lowest BCUT2D eigenvalue weighted by molar-refractivity contribution is -0.0233.